The summed E-state index contributed by atoms with van der Waals surface area (Å²) in [6.07, 6.45) is 8.25. The van der Waals surface area contributed by atoms with E-state index >= 15 is 0 Å². The third-order valence-corrected chi connectivity index (χ3v) is 7.20. The van der Waals surface area contributed by atoms with Gasteiger partial charge >= 0.3 is 0 Å². The molecule has 0 radical (unpaired) electrons. The molecule has 1 aromatic rings. The minimum atomic E-state index is -3.07. The van der Waals surface area contributed by atoms with E-state index in [1.807, 2.05) is 6.20 Å². The lowest BCUT2D eigenvalue weighted by Crippen LogP contribution is -2.47. The Labute approximate surface area is 131 Å². The molecule has 0 unspecified atom stereocenters. The van der Waals surface area contributed by atoms with Gasteiger partial charge in [0, 0.05) is 31.9 Å². The summed E-state index contributed by atoms with van der Waals surface area (Å²) in [5.74, 6) is 0. The van der Waals surface area contributed by atoms with E-state index in [1.165, 1.54) is 25.0 Å². The zero-order valence-electron chi connectivity index (χ0n) is 12.8. The number of hydrogen-bond donors (Lipinski definition) is 1. The van der Waals surface area contributed by atoms with E-state index in [2.05, 4.69) is 25.5 Å². The molecule has 22 heavy (non-hydrogen) atoms. The van der Waals surface area contributed by atoms with E-state index in [1.54, 1.807) is 0 Å². The van der Waals surface area contributed by atoms with Gasteiger partial charge in [-0.3, -0.25) is 9.58 Å². The maximum atomic E-state index is 11.9. The van der Waals surface area contributed by atoms with E-state index in [-0.39, 0.29) is 11.3 Å². The fourth-order valence-corrected chi connectivity index (χ4v) is 4.92. The summed E-state index contributed by atoms with van der Waals surface area (Å²) < 4.78 is 28.7. The second kappa shape index (κ2) is 5.62. The molecule has 122 valence electrons. The van der Waals surface area contributed by atoms with Crippen LogP contribution >= 0.6 is 0 Å². The van der Waals surface area contributed by atoms with Crippen molar-refractivity contribution in [3.63, 3.8) is 0 Å². The SMILES string of the molecule is O=S(=O)(NCC[C@H]1CN(C2CCC2)Cc2ccnn21)C1CC1. The summed E-state index contributed by atoms with van der Waals surface area (Å²) in [6.45, 7) is 2.49. The molecule has 7 heteroatoms. The van der Waals surface area contributed by atoms with E-state index in [4.69, 9.17) is 0 Å². The molecule has 0 spiro atoms. The number of sulfonamides is 1. The summed E-state index contributed by atoms with van der Waals surface area (Å²) >= 11 is 0. The smallest absolute Gasteiger partial charge is 0.214 e. The van der Waals surface area contributed by atoms with Gasteiger partial charge in [0.15, 0.2) is 0 Å². The van der Waals surface area contributed by atoms with Gasteiger partial charge in [-0.2, -0.15) is 5.10 Å². The number of nitrogens with zero attached hydrogens (tertiary/aromatic N) is 3. The van der Waals surface area contributed by atoms with Gasteiger partial charge in [-0.15, -0.1) is 0 Å². The highest BCUT2D eigenvalue weighted by molar-refractivity contribution is 7.90. The molecule has 0 amide bonds. The Morgan fingerprint density at radius 1 is 1.27 bits per heavy atom. The van der Waals surface area contributed by atoms with Crippen LogP contribution in [0.5, 0.6) is 0 Å². The van der Waals surface area contributed by atoms with Crippen LogP contribution in [0, 0.1) is 0 Å². The molecule has 1 N–H and O–H groups in total. The second-order valence-electron chi connectivity index (χ2n) is 6.86. The molecule has 1 atom stereocenters. The van der Waals surface area contributed by atoms with Crippen LogP contribution in [0.2, 0.25) is 0 Å². The first-order valence-corrected chi connectivity index (χ1v) is 9.93. The lowest BCUT2D eigenvalue weighted by Gasteiger charge is -2.42. The minimum absolute atomic E-state index is 0.134. The Kier molecular flexibility index (Phi) is 3.74. The molecule has 1 aromatic heterocycles. The Bertz CT molecular complexity index is 634. The third kappa shape index (κ3) is 2.81. The first-order chi connectivity index (χ1) is 10.6. The summed E-state index contributed by atoms with van der Waals surface area (Å²) in [6, 6.07) is 3.09. The number of fused-ring (bicyclic) bond motifs is 1. The maximum Gasteiger partial charge on any atom is 0.214 e. The van der Waals surface area contributed by atoms with Gasteiger partial charge in [-0.1, -0.05) is 6.42 Å². The van der Waals surface area contributed by atoms with Crippen LogP contribution in [0.3, 0.4) is 0 Å². The average Bonchev–Trinajstić information content (AvgIpc) is 3.17. The summed E-state index contributed by atoms with van der Waals surface area (Å²) in [7, 11) is -3.07. The maximum absolute atomic E-state index is 11.9. The monoisotopic (exact) mass is 324 g/mol. The lowest BCUT2D eigenvalue weighted by atomic mass is 9.90. The largest absolute Gasteiger partial charge is 0.292 e. The quantitative estimate of drug-likeness (QED) is 0.855. The summed E-state index contributed by atoms with van der Waals surface area (Å²) in [4.78, 5) is 2.56. The van der Waals surface area contributed by atoms with Gasteiger partial charge in [0.1, 0.15) is 0 Å². The van der Waals surface area contributed by atoms with Crippen molar-refractivity contribution in [3.05, 3.63) is 18.0 Å². The van der Waals surface area contributed by atoms with Gasteiger partial charge < -0.3 is 0 Å². The third-order valence-electron chi connectivity index (χ3n) is 5.24. The lowest BCUT2D eigenvalue weighted by molar-refractivity contribution is 0.0733. The van der Waals surface area contributed by atoms with E-state index < -0.39 is 10.0 Å². The van der Waals surface area contributed by atoms with Gasteiger partial charge in [0.2, 0.25) is 10.0 Å². The molecular formula is C15H24N4O2S. The zero-order chi connectivity index (χ0) is 15.2. The number of rotatable bonds is 6. The Morgan fingerprint density at radius 3 is 2.77 bits per heavy atom. The van der Waals surface area contributed by atoms with Crippen molar-refractivity contribution in [1.29, 1.82) is 0 Å². The molecule has 2 fully saturated rings. The highest BCUT2D eigenvalue weighted by atomic mass is 32.2. The number of nitrogens with one attached hydrogen (secondary N) is 1. The Hall–Kier alpha value is -0.920. The molecule has 4 rings (SSSR count). The van der Waals surface area contributed by atoms with Crippen LogP contribution in [-0.2, 0) is 16.6 Å². The first-order valence-electron chi connectivity index (χ1n) is 8.38. The van der Waals surface area contributed by atoms with E-state index in [0.717, 1.165) is 32.4 Å². The number of hydrogen-bond acceptors (Lipinski definition) is 4. The fraction of sp³-hybridized carbons (Fsp3) is 0.800. The van der Waals surface area contributed by atoms with Crippen molar-refractivity contribution in [3.8, 4) is 0 Å². The fourth-order valence-electron chi connectivity index (χ4n) is 3.52. The highest BCUT2D eigenvalue weighted by Gasteiger charge is 2.36. The van der Waals surface area contributed by atoms with Crippen molar-refractivity contribution >= 4 is 10.0 Å². The van der Waals surface area contributed by atoms with Gasteiger partial charge in [0.25, 0.3) is 0 Å². The Balaban J connectivity index is 1.39. The highest BCUT2D eigenvalue weighted by Crippen LogP contribution is 2.32. The molecule has 0 saturated heterocycles. The van der Waals surface area contributed by atoms with Crippen molar-refractivity contribution < 1.29 is 8.42 Å². The molecule has 2 aliphatic carbocycles. The Morgan fingerprint density at radius 2 is 2.09 bits per heavy atom. The molecule has 2 heterocycles. The van der Waals surface area contributed by atoms with Gasteiger partial charge in [-0.25, -0.2) is 13.1 Å². The molecule has 3 aliphatic rings. The zero-order valence-corrected chi connectivity index (χ0v) is 13.6. The molecule has 6 nitrogen and oxygen atoms in total. The summed E-state index contributed by atoms with van der Waals surface area (Å²) in [5, 5.41) is 4.32. The number of aromatic nitrogens is 2. The van der Waals surface area contributed by atoms with Crippen molar-refractivity contribution in [2.75, 3.05) is 13.1 Å². The standard InChI is InChI=1S/C15H24N4O2S/c20-22(21,15-4-5-15)17-9-7-14-11-18(12-2-1-3-12)10-13-6-8-16-19(13)14/h6,8,12,14-15,17H,1-5,7,9-11H2/t14-/m0/s1. The van der Waals surface area contributed by atoms with Crippen LogP contribution in [-0.4, -0.2) is 47.5 Å². The van der Waals surface area contributed by atoms with Crippen LogP contribution in [0.15, 0.2) is 12.3 Å². The topological polar surface area (TPSA) is 67.2 Å². The predicted octanol–water partition coefficient (Wildman–Crippen LogP) is 1.26. The van der Waals surface area contributed by atoms with Crippen LogP contribution in [0.4, 0.5) is 0 Å². The van der Waals surface area contributed by atoms with Crippen molar-refractivity contribution in [1.82, 2.24) is 19.4 Å². The van der Waals surface area contributed by atoms with Crippen LogP contribution in [0.25, 0.3) is 0 Å². The first kappa shape index (κ1) is 14.7. The molecule has 2 saturated carbocycles. The van der Waals surface area contributed by atoms with Crippen molar-refractivity contribution in [2.45, 2.75) is 62.4 Å². The molecular weight excluding hydrogens is 300 g/mol. The van der Waals surface area contributed by atoms with Gasteiger partial charge in [0.05, 0.1) is 17.0 Å². The summed E-state index contributed by atoms with van der Waals surface area (Å²) in [5.41, 5.74) is 1.26. The van der Waals surface area contributed by atoms with Crippen molar-refractivity contribution in [2.24, 2.45) is 0 Å². The molecule has 1 aliphatic heterocycles. The molecule has 0 aromatic carbocycles. The molecule has 0 bridgehead atoms. The van der Waals surface area contributed by atoms with Crippen LogP contribution in [0.1, 0.15) is 50.3 Å². The average molecular weight is 324 g/mol. The van der Waals surface area contributed by atoms with Gasteiger partial charge in [-0.05, 0) is 38.2 Å². The predicted molar refractivity (Wildman–Crippen MR) is 83.9 cm³/mol. The normalized spacial score (nSPS) is 26.6. The second-order valence-corrected chi connectivity index (χ2v) is 8.91. The van der Waals surface area contributed by atoms with Crippen LogP contribution < -0.4 is 4.72 Å². The van der Waals surface area contributed by atoms with E-state index in [0.29, 0.717) is 12.6 Å². The van der Waals surface area contributed by atoms with E-state index in [9.17, 15) is 8.42 Å². The minimum Gasteiger partial charge on any atom is -0.292 e.